The number of nitrogens with zero attached hydrogens (tertiary/aromatic N) is 6. The minimum atomic E-state index is -1.50. The van der Waals surface area contributed by atoms with Gasteiger partial charge in [0.25, 0.3) is 11.8 Å². The third-order valence-electron chi connectivity index (χ3n) is 5.06. The highest BCUT2D eigenvalue weighted by atomic mass is 32.2. The summed E-state index contributed by atoms with van der Waals surface area (Å²) < 4.78 is 7.40. The number of rotatable bonds is 9. The molecule has 35 heavy (non-hydrogen) atoms. The predicted octanol–water partition coefficient (Wildman–Crippen LogP) is -3.34. The SMILES string of the molecule is C[n+]1cccn1CC1=C(C(=O)[O-])N2C(=O)C(NC(=O)C(=NOCC(=O)O)c3nsc(N)n3)[C@H]2SC1. The van der Waals surface area contributed by atoms with Gasteiger partial charge >= 0.3 is 5.97 Å². The standard InChI is InChI=1S/C18H18N8O7S2/c1-24-3-2-4-25(24)5-8-7-34-16-11(15(30)26(16)12(8)17(31)32)20-14(29)10(22-33-6-9(27)28)13-21-18(19)35-23-13/h2-4,11,16H,5-7H2,1H3,(H4-,19,20,21,23,27,28,29,31,32)/t11?,16-/m1/s1. The third kappa shape index (κ3) is 4.80. The van der Waals surface area contributed by atoms with Crippen molar-refractivity contribution in [2.75, 3.05) is 18.1 Å². The molecule has 0 radical (unpaired) electrons. The molecule has 2 aliphatic rings. The van der Waals surface area contributed by atoms with Crippen molar-refractivity contribution in [3.05, 3.63) is 35.6 Å². The second kappa shape index (κ2) is 9.71. The molecule has 2 aromatic rings. The number of carbonyl (C=O) groups is 4. The number of anilines is 1. The van der Waals surface area contributed by atoms with Crippen molar-refractivity contribution in [2.24, 2.45) is 12.2 Å². The zero-order valence-electron chi connectivity index (χ0n) is 18.0. The fraction of sp³-hybridized carbons (Fsp3) is 0.333. The van der Waals surface area contributed by atoms with Crippen molar-refractivity contribution in [1.29, 1.82) is 0 Å². The first-order valence-corrected chi connectivity index (χ1v) is 11.7. The molecule has 2 aliphatic heterocycles. The lowest BCUT2D eigenvalue weighted by molar-refractivity contribution is -0.752. The van der Waals surface area contributed by atoms with Gasteiger partial charge in [-0.05, 0) is 5.57 Å². The Bertz CT molecular complexity index is 1270. The van der Waals surface area contributed by atoms with Crippen molar-refractivity contribution < 1.29 is 38.9 Å². The Kier molecular flexibility index (Phi) is 6.70. The number of aromatic nitrogens is 4. The van der Waals surface area contributed by atoms with Crippen LogP contribution in [0, 0.1) is 0 Å². The molecule has 17 heteroatoms. The van der Waals surface area contributed by atoms with E-state index in [4.69, 9.17) is 10.8 Å². The number of carboxylic acids is 2. The number of fused-ring (bicyclic) bond motifs is 1. The maximum Gasteiger partial charge on any atom is 0.344 e. The molecule has 4 heterocycles. The number of β-lactam (4-membered cyclic amide) rings is 1. The van der Waals surface area contributed by atoms with Gasteiger partial charge < -0.3 is 30.9 Å². The number of thioether (sulfide) groups is 1. The van der Waals surface area contributed by atoms with Crippen LogP contribution in [0.15, 0.2) is 34.9 Å². The third-order valence-corrected chi connectivity index (χ3v) is 6.94. The molecule has 184 valence electrons. The first kappa shape index (κ1) is 24.1. The fourth-order valence-electron chi connectivity index (χ4n) is 3.48. The summed E-state index contributed by atoms with van der Waals surface area (Å²) in [6.45, 7) is -0.589. The molecule has 1 saturated heterocycles. The van der Waals surface area contributed by atoms with Crippen molar-refractivity contribution in [1.82, 2.24) is 24.3 Å². The second-order valence-corrected chi connectivity index (χ2v) is 9.21. The first-order chi connectivity index (χ1) is 16.7. The number of amides is 2. The Morgan fingerprint density at radius 2 is 2.23 bits per heavy atom. The van der Waals surface area contributed by atoms with Gasteiger partial charge in [-0.15, -0.1) is 16.4 Å². The average Bonchev–Trinajstić information content (AvgIpc) is 3.42. The molecular weight excluding hydrogens is 504 g/mol. The van der Waals surface area contributed by atoms with Crippen LogP contribution in [0.3, 0.4) is 0 Å². The number of hydrogen-bond acceptors (Lipinski definition) is 12. The summed E-state index contributed by atoms with van der Waals surface area (Å²) in [5.41, 5.74) is 5.32. The Morgan fingerprint density at radius 3 is 2.83 bits per heavy atom. The zero-order chi connectivity index (χ0) is 25.3. The lowest BCUT2D eigenvalue weighted by Crippen LogP contribution is -2.71. The molecule has 2 aromatic heterocycles. The quantitative estimate of drug-likeness (QED) is 0.128. The Morgan fingerprint density at radius 1 is 1.46 bits per heavy atom. The molecular formula is C18H18N8O7S2. The maximum absolute atomic E-state index is 12.9. The summed E-state index contributed by atoms with van der Waals surface area (Å²) >= 11 is 2.05. The lowest BCUT2D eigenvalue weighted by Gasteiger charge is -2.50. The smallest absolute Gasteiger partial charge is 0.344 e. The molecule has 0 saturated carbocycles. The van der Waals surface area contributed by atoms with Gasteiger partial charge in [0.15, 0.2) is 18.4 Å². The van der Waals surface area contributed by atoms with E-state index in [1.165, 1.54) is 11.8 Å². The van der Waals surface area contributed by atoms with Crippen LogP contribution in [-0.4, -0.2) is 77.3 Å². The van der Waals surface area contributed by atoms with Crippen molar-refractivity contribution >= 4 is 57.9 Å². The van der Waals surface area contributed by atoms with Crippen molar-refractivity contribution in [3.63, 3.8) is 0 Å². The zero-order valence-corrected chi connectivity index (χ0v) is 19.6. The molecule has 0 aliphatic carbocycles. The number of hydrogen-bond donors (Lipinski definition) is 3. The van der Waals surface area contributed by atoms with Gasteiger partial charge in [0, 0.05) is 23.4 Å². The number of nitrogen functional groups attached to an aromatic ring is 1. The second-order valence-electron chi connectivity index (χ2n) is 7.33. The highest BCUT2D eigenvalue weighted by Gasteiger charge is 2.53. The van der Waals surface area contributed by atoms with Gasteiger partial charge in [0.2, 0.25) is 18.1 Å². The topological polar surface area (TPSA) is 209 Å². The van der Waals surface area contributed by atoms with E-state index in [9.17, 15) is 24.3 Å². The minimum absolute atomic E-state index is 0.0276. The van der Waals surface area contributed by atoms with Gasteiger partial charge in [-0.3, -0.25) is 14.5 Å². The lowest BCUT2D eigenvalue weighted by atomic mass is 10.0. The number of oxime groups is 1. The van der Waals surface area contributed by atoms with Crippen LogP contribution in [0.1, 0.15) is 5.82 Å². The van der Waals surface area contributed by atoms with E-state index >= 15 is 0 Å². The summed E-state index contributed by atoms with van der Waals surface area (Å²) in [5, 5.41) is 25.9. The van der Waals surface area contributed by atoms with Crippen molar-refractivity contribution in [3.8, 4) is 0 Å². The van der Waals surface area contributed by atoms with E-state index in [1.54, 1.807) is 34.9 Å². The summed E-state index contributed by atoms with van der Waals surface area (Å²) in [5.74, 6) is -4.32. The number of aliphatic carboxylic acids is 2. The Labute approximate surface area is 205 Å². The van der Waals surface area contributed by atoms with Crippen LogP contribution in [0.25, 0.3) is 0 Å². The summed E-state index contributed by atoms with van der Waals surface area (Å²) in [7, 11) is 1.79. The van der Waals surface area contributed by atoms with Gasteiger partial charge in [-0.2, -0.15) is 14.0 Å². The normalized spacial score (nSPS) is 19.7. The van der Waals surface area contributed by atoms with Crippen LogP contribution in [0.4, 0.5) is 5.13 Å². The number of aryl methyl sites for hydroxylation is 1. The van der Waals surface area contributed by atoms with E-state index in [2.05, 4.69) is 24.7 Å². The van der Waals surface area contributed by atoms with Crippen LogP contribution >= 0.6 is 23.3 Å². The van der Waals surface area contributed by atoms with E-state index in [0.717, 1.165) is 16.4 Å². The van der Waals surface area contributed by atoms with Crippen LogP contribution in [-0.2, 0) is 37.6 Å². The van der Waals surface area contributed by atoms with Gasteiger partial charge in [-0.1, -0.05) is 5.16 Å². The molecule has 2 amide bonds. The largest absolute Gasteiger partial charge is 0.543 e. The number of carboxylic acid groups (broad SMARTS) is 2. The number of carbonyl (C=O) groups excluding carboxylic acids is 3. The Hall–Kier alpha value is -3.99. The molecule has 15 nitrogen and oxygen atoms in total. The molecule has 1 unspecified atom stereocenters. The Balaban J connectivity index is 1.53. The average molecular weight is 523 g/mol. The molecule has 1 fully saturated rings. The van der Waals surface area contributed by atoms with E-state index in [1.807, 2.05) is 0 Å². The van der Waals surface area contributed by atoms with Crippen molar-refractivity contribution in [2.45, 2.75) is 18.0 Å². The summed E-state index contributed by atoms with van der Waals surface area (Å²) in [6.07, 6.45) is 3.56. The highest BCUT2D eigenvalue weighted by Crippen LogP contribution is 2.40. The van der Waals surface area contributed by atoms with Crippen LogP contribution in [0.2, 0.25) is 0 Å². The maximum atomic E-state index is 12.9. The molecule has 0 aromatic carbocycles. The van der Waals surface area contributed by atoms with Crippen LogP contribution in [0.5, 0.6) is 0 Å². The summed E-state index contributed by atoms with van der Waals surface area (Å²) in [6, 6.07) is 0.717. The molecule has 0 bridgehead atoms. The minimum Gasteiger partial charge on any atom is -0.543 e. The number of nitrogens with one attached hydrogen (secondary N) is 1. The molecule has 0 spiro atoms. The van der Waals surface area contributed by atoms with Gasteiger partial charge in [0.05, 0.1) is 17.9 Å². The molecule has 4 N–H and O–H groups in total. The molecule has 4 rings (SSSR count). The monoisotopic (exact) mass is 522 g/mol. The van der Waals surface area contributed by atoms with Crippen LogP contribution < -0.4 is 20.8 Å². The van der Waals surface area contributed by atoms with Gasteiger partial charge in [0.1, 0.15) is 18.0 Å². The van der Waals surface area contributed by atoms with E-state index in [0.29, 0.717) is 5.57 Å². The summed E-state index contributed by atoms with van der Waals surface area (Å²) in [4.78, 5) is 58.0. The van der Waals surface area contributed by atoms with Gasteiger partial charge in [-0.25, -0.2) is 4.79 Å². The first-order valence-electron chi connectivity index (χ1n) is 9.88. The predicted molar refractivity (Wildman–Crippen MR) is 117 cm³/mol. The van der Waals surface area contributed by atoms with E-state index < -0.39 is 47.5 Å². The number of nitrogens with two attached hydrogens (primary N) is 1. The molecule has 2 atom stereocenters. The highest BCUT2D eigenvalue weighted by molar-refractivity contribution is 8.00. The fourth-order valence-corrected chi connectivity index (χ4v) is 5.25. The van der Waals surface area contributed by atoms with E-state index in [-0.39, 0.29) is 29.0 Å².